The number of carbonyl (C=O) groups is 2. The maximum atomic E-state index is 12.1. The second kappa shape index (κ2) is 8.66. The van der Waals surface area contributed by atoms with E-state index in [4.69, 9.17) is 4.74 Å². The van der Waals surface area contributed by atoms with Crippen LogP contribution in [-0.4, -0.2) is 58.1 Å². The minimum atomic E-state index is -0.329. The molecule has 0 aliphatic rings. The Morgan fingerprint density at radius 1 is 1.33 bits per heavy atom. The summed E-state index contributed by atoms with van der Waals surface area (Å²) in [7, 11) is 3.30. The van der Waals surface area contributed by atoms with Crippen molar-refractivity contribution in [2.45, 2.75) is 38.3 Å². The molecule has 21 heavy (non-hydrogen) atoms. The van der Waals surface area contributed by atoms with Gasteiger partial charge in [0, 0.05) is 20.5 Å². The van der Waals surface area contributed by atoms with E-state index in [2.05, 4.69) is 17.0 Å². The second-order valence-electron chi connectivity index (χ2n) is 4.60. The van der Waals surface area contributed by atoms with Gasteiger partial charge in [0.1, 0.15) is 0 Å². The molecule has 0 atom stereocenters. The normalized spacial score (nSPS) is 10.5. The third kappa shape index (κ3) is 5.37. The van der Waals surface area contributed by atoms with E-state index in [0.29, 0.717) is 17.6 Å². The zero-order chi connectivity index (χ0) is 15.8. The first-order valence-electron chi connectivity index (χ1n) is 6.95. The molecule has 0 N–H and O–H groups in total. The summed E-state index contributed by atoms with van der Waals surface area (Å²) in [6.45, 7) is 4.17. The standard InChI is InChI=1S/C13H22N4O3S/c1-5-7-8-10-14-12(21-9-11(18)20-6-2)17(15-10)13(19)16(3)4/h5-9H2,1-4H3. The predicted molar refractivity (Wildman–Crippen MR) is 80.5 cm³/mol. The highest BCUT2D eigenvalue weighted by atomic mass is 32.2. The topological polar surface area (TPSA) is 77.3 Å². The van der Waals surface area contributed by atoms with E-state index in [1.165, 1.54) is 9.58 Å². The zero-order valence-electron chi connectivity index (χ0n) is 13.0. The lowest BCUT2D eigenvalue weighted by atomic mass is 10.2. The van der Waals surface area contributed by atoms with Crippen LogP contribution in [0.2, 0.25) is 0 Å². The summed E-state index contributed by atoms with van der Waals surface area (Å²) < 4.78 is 6.12. The summed E-state index contributed by atoms with van der Waals surface area (Å²) in [5, 5.41) is 4.66. The molecular weight excluding hydrogens is 292 g/mol. The molecule has 0 saturated heterocycles. The number of carbonyl (C=O) groups excluding carboxylic acids is 2. The van der Waals surface area contributed by atoms with E-state index < -0.39 is 0 Å². The van der Waals surface area contributed by atoms with Gasteiger partial charge in [-0.15, -0.1) is 5.10 Å². The molecule has 1 aromatic heterocycles. The Hall–Kier alpha value is -1.57. The average molecular weight is 314 g/mol. The SMILES string of the molecule is CCCCc1nc(SCC(=O)OCC)n(C(=O)N(C)C)n1. The van der Waals surface area contributed by atoms with E-state index in [9.17, 15) is 9.59 Å². The van der Waals surface area contributed by atoms with Crippen molar-refractivity contribution in [3.8, 4) is 0 Å². The van der Waals surface area contributed by atoms with Crippen LogP contribution in [0.5, 0.6) is 0 Å². The quantitative estimate of drug-likeness (QED) is 0.564. The molecule has 0 spiro atoms. The summed E-state index contributed by atoms with van der Waals surface area (Å²) in [4.78, 5) is 29.3. The van der Waals surface area contributed by atoms with Gasteiger partial charge >= 0.3 is 12.0 Å². The maximum Gasteiger partial charge on any atom is 0.346 e. The molecule has 0 aliphatic carbocycles. The molecule has 1 rings (SSSR count). The number of amides is 1. The van der Waals surface area contributed by atoms with Crippen molar-refractivity contribution in [1.29, 1.82) is 0 Å². The van der Waals surface area contributed by atoms with Gasteiger partial charge in [0.25, 0.3) is 0 Å². The van der Waals surface area contributed by atoms with E-state index in [1.807, 2.05) is 0 Å². The molecule has 0 fully saturated rings. The van der Waals surface area contributed by atoms with Crippen LogP contribution in [0.1, 0.15) is 32.5 Å². The predicted octanol–water partition coefficient (Wildman–Crippen LogP) is 1.81. The van der Waals surface area contributed by atoms with E-state index in [-0.39, 0.29) is 17.8 Å². The van der Waals surface area contributed by atoms with Gasteiger partial charge in [-0.2, -0.15) is 4.68 Å². The number of hydrogen-bond acceptors (Lipinski definition) is 6. The number of ether oxygens (including phenoxy) is 1. The highest BCUT2D eigenvalue weighted by Crippen LogP contribution is 2.17. The third-order valence-electron chi connectivity index (χ3n) is 2.56. The first kappa shape index (κ1) is 17.5. The first-order chi connectivity index (χ1) is 9.99. The summed E-state index contributed by atoms with van der Waals surface area (Å²) in [5.41, 5.74) is 0. The second-order valence-corrected chi connectivity index (χ2v) is 5.54. The van der Waals surface area contributed by atoms with E-state index >= 15 is 0 Å². The Bertz CT molecular complexity index is 488. The number of thioether (sulfide) groups is 1. The van der Waals surface area contributed by atoms with E-state index in [0.717, 1.165) is 31.0 Å². The lowest BCUT2D eigenvalue weighted by Crippen LogP contribution is -2.29. The molecule has 0 aliphatic heterocycles. The molecule has 1 heterocycles. The molecule has 0 saturated carbocycles. The van der Waals surface area contributed by atoms with Gasteiger partial charge in [-0.05, 0) is 13.3 Å². The average Bonchev–Trinajstić information content (AvgIpc) is 2.85. The molecule has 1 aromatic rings. The van der Waals surface area contributed by atoms with Crippen LogP contribution < -0.4 is 0 Å². The summed E-state index contributed by atoms with van der Waals surface area (Å²) in [6, 6.07) is -0.281. The highest BCUT2D eigenvalue weighted by molar-refractivity contribution is 7.99. The largest absolute Gasteiger partial charge is 0.465 e. The van der Waals surface area contributed by atoms with Crippen molar-refractivity contribution in [2.24, 2.45) is 0 Å². The molecule has 0 bridgehead atoms. The van der Waals surface area contributed by atoms with Crippen molar-refractivity contribution in [3.05, 3.63) is 5.82 Å². The fourth-order valence-electron chi connectivity index (χ4n) is 1.51. The molecule has 0 aromatic carbocycles. The minimum Gasteiger partial charge on any atom is -0.465 e. The smallest absolute Gasteiger partial charge is 0.346 e. The van der Waals surface area contributed by atoms with Gasteiger partial charge in [-0.1, -0.05) is 25.1 Å². The van der Waals surface area contributed by atoms with Crippen molar-refractivity contribution in [1.82, 2.24) is 19.7 Å². The lowest BCUT2D eigenvalue weighted by Gasteiger charge is -2.10. The lowest BCUT2D eigenvalue weighted by molar-refractivity contribution is -0.139. The van der Waals surface area contributed by atoms with Gasteiger partial charge in [0.05, 0.1) is 12.4 Å². The van der Waals surface area contributed by atoms with Crippen molar-refractivity contribution >= 4 is 23.8 Å². The zero-order valence-corrected chi connectivity index (χ0v) is 13.8. The van der Waals surface area contributed by atoms with Gasteiger partial charge in [0.2, 0.25) is 0 Å². The van der Waals surface area contributed by atoms with Crippen LogP contribution in [0.25, 0.3) is 0 Å². The van der Waals surface area contributed by atoms with Gasteiger partial charge in [0.15, 0.2) is 11.0 Å². The number of unbranched alkanes of at least 4 members (excludes halogenated alkanes) is 1. The molecule has 0 radical (unpaired) electrons. The Morgan fingerprint density at radius 2 is 2.05 bits per heavy atom. The molecular formula is C13H22N4O3S. The van der Waals surface area contributed by atoms with Crippen LogP contribution in [0.3, 0.4) is 0 Å². The summed E-state index contributed by atoms with van der Waals surface area (Å²) in [6.07, 6.45) is 2.71. The van der Waals surface area contributed by atoms with Crippen molar-refractivity contribution in [2.75, 3.05) is 26.5 Å². The Labute approximate surface area is 129 Å². The molecule has 7 nitrogen and oxygen atoms in total. The molecule has 1 amide bonds. The number of esters is 1. The minimum absolute atomic E-state index is 0.112. The van der Waals surface area contributed by atoms with Gasteiger partial charge in [-0.3, -0.25) is 4.79 Å². The number of rotatable bonds is 7. The van der Waals surface area contributed by atoms with Crippen LogP contribution in [0.4, 0.5) is 4.79 Å². The Balaban J connectivity index is 2.85. The van der Waals surface area contributed by atoms with Gasteiger partial charge < -0.3 is 9.64 Å². The molecule has 0 unspecified atom stereocenters. The van der Waals surface area contributed by atoms with Gasteiger partial charge in [-0.25, -0.2) is 9.78 Å². The number of aryl methyl sites for hydroxylation is 1. The van der Waals surface area contributed by atoms with Crippen LogP contribution in [-0.2, 0) is 16.0 Å². The molecule has 118 valence electrons. The Morgan fingerprint density at radius 3 is 2.62 bits per heavy atom. The van der Waals surface area contributed by atoms with Crippen LogP contribution >= 0.6 is 11.8 Å². The third-order valence-corrected chi connectivity index (χ3v) is 3.47. The number of hydrogen-bond donors (Lipinski definition) is 0. The fourth-order valence-corrected chi connectivity index (χ4v) is 2.25. The van der Waals surface area contributed by atoms with E-state index in [1.54, 1.807) is 21.0 Å². The van der Waals surface area contributed by atoms with Crippen molar-refractivity contribution in [3.63, 3.8) is 0 Å². The fraction of sp³-hybridized carbons (Fsp3) is 0.692. The highest BCUT2D eigenvalue weighted by Gasteiger charge is 2.19. The maximum absolute atomic E-state index is 12.1. The Kier molecular flexibility index (Phi) is 7.21. The number of aromatic nitrogens is 3. The monoisotopic (exact) mass is 314 g/mol. The first-order valence-corrected chi connectivity index (χ1v) is 7.94. The van der Waals surface area contributed by atoms with Crippen LogP contribution in [0, 0.1) is 0 Å². The van der Waals surface area contributed by atoms with Crippen molar-refractivity contribution < 1.29 is 14.3 Å². The van der Waals surface area contributed by atoms with Crippen LogP contribution in [0.15, 0.2) is 5.16 Å². The summed E-state index contributed by atoms with van der Waals surface area (Å²) >= 11 is 1.16. The number of nitrogens with zero attached hydrogens (tertiary/aromatic N) is 4. The summed E-state index contributed by atoms with van der Waals surface area (Å²) in [5.74, 6) is 0.406. The molecule has 8 heteroatoms.